The van der Waals surface area contributed by atoms with E-state index in [4.69, 9.17) is 0 Å². The first-order chi connectivity index (χ1) is 11.0. The van der Waals surface area contributed by atoms with E-state index in [0.717, 1.165) is 10.6 Å². The van der Waals surface area contributed by atoms with Gasteiger partial charge in [-0.2, -0.15) is 5.10 Å². The van der Waals surface area contributed by atoms with Gasteiger partial charge in [-0.05, 0) is 23.9 Å². The number of urea groups is 1. The van der Waals surface area contributed by atoms with Crippen LogP contribution in [0.15, 0.2) is 23.8 Å². The summed E-state index contributed by atoms with van der Waals surface area (Å²) in [5, 5.41) is 8.97. The minimum absolute atomic E-state index is 0.0875. The van der Waals surface area contributed by atoms with Crippen molar-refractivity contribution in [3.8, 4) is 0 Å². The van der Waals surface area contributed by atoms with Crippen molar-refractivity contribution in [1.29, 1.82) is 0 Å². The van der Waals surface area contributed by atoms with Gasteiger partial charge < -0.3 is 15.1 Å². The van der Waals surface area contributed by atoms with E-state index in [1.54, 1.807) is 38.2 Å². The summed E-state index contributed by atoms with van der Waals surface area (Å²) in [5.74, 6) is -0.0910. The van der Waals surface area contributed by atoms with E-state index >= 15 is 0 Å². The van der Waals surface area contributed by atoms with Crippen LogP contribution in [0.25, 0.3) is 0 Å². The van der Waals surface area contributed by atoms with Crippen molar-refractivity contribution >= 4 is 29.0 Å². The quantitative estimate of drug-likeness (QED) is 0.922. The SMILES string of the molecule is Cc1ccsc1CNC(=O)N1CCN(c2cnn(C)c2)C(=O)C1. The van der Waals surface area contributed by atoms with E-state index in [2.05, 4.69) is 10.4 Å². The van der Waals surface area contributed by atoms with Crippen LogP contribution >= 0.6 is 11.3 Å². The van der Waals surface area contributed by atoms with Crippen LogP contribution in [0.4, 0.5) is 10.5 Å². The van der Waals surface area contributed by atoms with Gasteiger partial charge in [0.05, 0.1) is 18.4 Å². The van der Waals surface area contributed by atoms with Crippen molar-refractivity contribution in [1.82, 2.24) is 20.0 Å². The van der Waals surface area contributed by atoms with Crippen LogP contribution in [0, 0.1) is 6.92 Å². The van der Waals surface area contributed by atoms with Gasteiger partial charge in [-0.25, -0.2) is 4.79 Å². The average molecular weight is 333 g/mol. The largest absolute Gasteiger partial charge is 0.333 e. The van der Waals surface area contributed by atoms with Gasteiger partial charge in [0, 0.05) is 31.2 Å². The van der Waals surface area contributed by atoms with E-state index in [1.807, 2.05) is 25.4 Å². The number of carbonyl (C=O) groups excluding carboxylic acids is 2. The van der Waals surface area contributed by atoms with Crippen molar-refractivity contribution in [2.75, 3.05) is 24.5 Å². The number of rotatable bonds is 3. The number of carbonyl (C=O) groups is 2. The molecule has 1 fully saturated rings. The van der Waals surface area contributed by atoms with E-state index in [0.29, 0.717) is 19.6 Å². The molecular weight excluding hydrogens is 314 g/mol. The topological polar surface area (TPSA) is 70.5 Å². The molecule has 2 aromatic rings. The Hall–Kier alpha value is -2.35. The van der Waals surface area contributed by atoms with Crippen LogP contribution in [0.5, 0.6) is 0 Å². The molecule has 0 radical (unpaired) electrons. The highest BCUT2D eigenvalue weighted by Gasteiger charge is 2.28. The molecular formula is C15H19N5O2S. The van der Waals surface area contributed by atoms with E-state index in [1.165, 1.54) is 5.56 Å². The number of aromatic nitrogens is 2. The fraction of sp³-hybridized carbons (Fsp3) is 0.400. The number of aryl methyl sites for hydroxylation is 2. The zero-order valence-electron chi connectivity index (χ0n) is 13.2. The Labute approximate surface area is 138 Å². The smallest absolute Gasteiger partial charge is 0.318 e. The zero-order valence-corrected chi connectivity index (χ0v) is 14.0. The number of thiophene rings is 1. The zero-order chi connectivity index (χ0) is 16.4. The van der Waals surface area contributed by atoms with Gasteiger partial charge in [0.15, 0.2) is 0 Å². The van der Waals surface area contributed by atoms with Gasteiger partial charge in [0.2, 0.25) is 5.91 Å². The Morgan fingerprint density at radius 3 is 2.87 bits per heavy atom. The number of hydrogen-bond acceptors (Lipinski definition) is 4. The second-order valence-corrected chi connectivity index (χ2v) is 6.53. The van der Waals surface area contributed by atoms with Crippen LogP contribution in [-0.4, -0.2) is 46.3 Å². The molecule has 3 rings (SSSR count). The lowest BCUT2D eigenvalue weighted by atomic mass is 10.3. The van der Waals surface area contributed by atoms with E-state index < -0.39 is 0 Å². The number of nitrogens with one attached hydrogen (secondary N) is 1. The maximum absolute atomic E-state index is 12.3. The molecule has 1 aliphatic rings. The highest BCUT2D eigenvalue weighted by atomic mass is 32.1. The lowest BCUT2D eigenvalue weighted by Crippen LogP contribution is -2.54. The molecule has 2 aromatic heterocycles. The van der Waals surface area contributed by atoms with Crippen LogP contribution in [0.1, 0.15) is 10.4 Å². The fourth-order valence-electron chi connectivity index (χ4n) is 2.52. The van der Waals surface area contributed by atoms with Crippen LogP contribution in [0.3, 0.4) is 0 Å². The molecule has 3 heterocycles. The molecule has 1 saturated heterocycles. The number of piperazine rings is 1. The highest BCUT2D eigenvalue weighted by Crippen LogP contribution is 2.17. The third kappa shape index (κ3) is 3.37. The summed E-state index contributed by atoms with van der Waals surface area (Å²) >= 11 is 1.62. The first-order valence-electron chi connectivity index (χ1n) is 7.39. The molecule has 8 heteroatoms. The van der Waals surface area contributed by atoms with Crippen LogP contribution in [-0.2, 0) is 18.4 Å². The first kappa shape index (κ1) is 15.5. The second kappa shape index (κ2) is 6.41. The molecule has 122 valence electrons. The summed E-state index contributed by atoms with van der Waals surface area (Å²) in [4.78, 5) is 28.9. The monoisotopic (exact) mass is 333 g/mol. The van der Waals surface area contributed by atoms with Gasteiger partial charge >= 0.3 is 6.03 Å². The molecule has 0 aromatic carbocycles. The molecule has 0 saturated carbocycles. The van der Waals surface area contributed by atoms with Crippen molar-refractivity contribution in [3.05, 3.63) is 34.3 Å². The van der Waals surface area contributed by atoms with Crippen molar-refractivity contribution in [3.63, 3.8) is 0 Å². The number of amides is 3. The van der Waals surface area contributed by atoms with Gasteiger partial charge in [0.25, 0.3) is 0 Å². The molecule has 0 unspecified atom stereocenters. The summed E-state index contributed by atoms with van der Waals surface area (Å²) in [5.41, 5.74) is 1.94. The van der Waals surface area contributed by atoms with Crippen molar-refractivity contribution < 1.29 is 9.59 Å². The molecule has 1 N–H and O–H groups in total. The predicted octanol–water partition coefficient (Wildman–Crippen LogP) is 1.35. The predicted molar refractivity (Wildman–Crippen MR) is 88.4 cm³/mol. The maximum atomic E-state index is 12.3. The number of hydrogen-bond donors (Lipinski definition) is 1. The summed E-state index contributed by atoms with van der Waals surface area (Å²) in [6, 6.07) is 1.83. The highest BCUT2D eigenvalue weighted by molar-refractivity contribution is 7.10. The van der Waals surface area contributed by atoms with E-state index in [9.17, 15) is 9.59 Å². The number of nitrogens with zero attached hydrogens (tertiary/aromatic N) is 4. The minimum Gasteiger partial charge on any atom is -0.333 e. The fourth-order valence-corrected chi connectivity index (χ4v) is 3.37. The van der Waals surface area contributed by atoms with Gasteiger partial charge in [-0.1, -0.05) is 0 Å². The Balaban J connectivity index is 1.56. The minimum atomic E-state index is -0.197. The van der Waals surface area contributed by atoms with E-state index in [-0.39, 0.29) is 18.5 Å². The molecule has 1 aliphatic heterocycles. The standard InChI is InChI=1S/C15H19N5O2S/c1-11-3-6-23-13(11)8-16-15(22)19-4-5-20(14(21)10-19)12-7-17-18(2)9-12/h3,6-7,9H,4-5,8,10H2,1-2H3,(H,16,22). The Morgan fingerprint density at radius 1 is 1.43 bits per heavy atom. The van der Waals surface area contributed by atoms with Gasteiger partial charge in [0.1, 0.15) is 6.54 Å². The summed E-state index contributed by atoms with van der Waals surface area (Å²) in [6.07, 6.45) is 3.46. The maximum Gasteiger partial charge on any atom is 0.318 e. The number of anilines is 1. The van der Waals surface area contributed by atoms with Crippen LogP contribution in [0.2, 0.25) is 0 Å². The molecule has 0 spiro atoms. The van der Waals surface area contributed by atoms with Gasteiger partial charge in [-0.3, -0.25) is 9.48 Å². The molecule has 3 amide bonds. The van der Waals surface area contributed by atoms with Crippen molar-refractivity contribution in [2.24, 2.45) is 7.05 Å². The van der Waals surface area contributed by atoms with Crippen LogP contribution < -0.4 is 10.2 Å². The second-order valence-electron chi connectivity index (χ2n) is 5.52. The third-order valence-corrected chi connectivity index (χ3v) is 4.90. The lowest BCUT2D eigenvalue weighted by molar-refractivity contribution is -0.120. The lowest BCUT2D eigenvalue weighted by Gasteiger charge is -2.33. The Kier molecular flexibility index (Phi) is 4.33. The first-order valence-corrected chi connectivity index (χ1v) is 8.27. The van der Waals surface area contributed by atoms with Crippen molar-refractivity contribution in [2.45, 2.75) is 13.5 Å². The molecule has 0 aliphatic carbocycles. The molecule has 7 nitrogen and oxygen atoms in total. The Bertz CT molecular complexity index is 723. The molecule has 0 atom stereocenters. The normalized spacial score (nSPS) is 15.1. The average Bonchev–Trinajstić information content (AvgIpc) is 3.13. The summed E-state index contributed by atoms with van der Waals surface area (Å²) in [6.45, 7) is 3.60. The summed E-state index contributed by atoms with van der Waals surface area (Å²) < 4.78 is 1.66. The molecule has 23 heavy (non-hydrogen) atoms. The molecule has 0 bridgehead atoms. The third-order valence-electron chi connectivity index (χ3n) is 3.88. The summed E-state index contributed by atoms with van der Waals surface area (Å²) in [7, 11) is 1.81. The Morgan fingerprint density at radius 2 is 2.26 bits per heavy atom. The van der Waals surface area contributed by atoms with Gasteiger partial charge in [-0.15, -0.1) is 11.3 Å².